The molecule has 0 bridgehead atoms. The molecule has 1 aromatic carbocycles. The molecule has 1 fully saturated rings. The van der Waals surface area contributed by atoms with Gasteiger partial charge in [-0.15, -0.1) is 11.3 Å². The number of methoxy groups -OCH3 is 2. The first-order chi connectivity index (χ1) is 12.8. The Morgan fingerprint density at radius 2 is 1.88 bits per heavy atom. The largest absolute Gasteiger partial charge is 0.497 e. The maximum absolute atomic E-state index is 5.32. The monoisotopic (exact) mass is 369 g/mol. The summed E-state index contributed by atoms with van der Waals surface area (Å²) in [5.41, 5.74) is 2.37. The number of ether oxygens (including phenoxy) is 2. The van der Waals surface area contributed by atoms with Gasteiger partial charge in [0.25, 0.3) is 0 Å². The summed E-state index contributed by atoms with van der Waals surface area (Å²) < 4.78 is 10.6. The molecule has 0 N–H and O–H groups in total. The minimum Gasteiger partial charge on any atom is -0.497 e. The molecule has 1 aliphatic heterocycles. The van der Waals surface area contributed by atoms with Crippen LogP contribution in [0.15, 0.2) is 36.0 Å². The van der Waals surface area contributed by atoms with E-state index in [0.717, 1.165) is 54.3 Å². The molecule has 4 rings (SSSR count). The van der Waals surface area contributed by atoms with E-state index < -0.39 is 0 Å². The summed E-state index contributed by atoms with van der Waals surface area (Å²) in [6.45, 7) is 2.87. The summed E-state index contributed by atoms with van der Waals surface area (Å²) in [5.74, 6) is 2.57. The molecule has 5 nitrogen and oxygen atoms in total. The topological polar surface area (TPSA) is 47.5 Å². The second-order valence-corrected chi connectivity index (χ2v) is 7.50. The predicted octanol–water partition coefficient (Wildman–Crippen LogP) is 4.23. The van der Waals surface area contributed by atoms with E-state index in [9.17, 15) is 0 Å². The lowest BCUT2D eigenvalue weighted by molar-refractivity contribution is 0.139. The molecule has 3 heterocycles. The fraction of sp³-hybridized carbons (Fsp3) is 0.400. The number of nitrogens with zero attached hydrogens (tertiary/aromatic N) is 3. The lowest BCUT2D eigenvalue weighted by atomic mass is 9.97. The Balaban J connectivity index is 1.68. The van der Waals surface area contributed by atoms with Gasteiger partial charge in [-0.2, -0.15) is 0 Å². The third-order valence-electron chi connectivity index (χ3n) is 5.07. The van der Waals surface area contributed by atoms with E-state index >= 15 is 0 Å². The summed E-state index contributed by atoms with van der Waals surface area (Å²) in [6.07, 6.45) is 3.97. The quantitative estimate of drug-likeness (QED) is 0.673. The second-order valence-electron chi connectivity index (χ2n) is 6.64. The molecule has 6 heteroatoms. The predicted molar refractivity (Wildman–Crippen MR) is 106 cm³/mol. The molecule has 1 saturated heterocycles. The number of thiophene rings is 1. The van der Waals surface area contributed by atoms with Crippen LogP contribution in [0.4, 0.5) is 5.82 Å². The van der Waals surface area contributed by atoms with E-state index in [-0.39, 0.29) is 0 Å². The number of hydrogen-bond donors (Lipinski definition) is 0. The number of hydrogen-bond acceptors (Lipinski definition) is 6. The van der Waals surface area contributed by atoms with Gasteiger partial charge in [-0.1, -0.05) is 12.1 Å². The van der Waals surface area contributed by atoms with Crippen molar-refractivity contribution in [2.24, 2.45) is 5.92 Å². The van der Waals surface area contributed by atoms with Gasteiger partial charge < -0.3 is 14.4 Å². The van der Waals surface area contributed by atoms with Crippen molar-refractivity contribution in [1.29, 1.82) is 0 Å². The van der Waals surface area contributed by atoms with Crippen LogP contribution >= 0.6 is 11.3 Å². The third kappa shape index (κ3) is 3.27. The summed E-state index contributed by atoms with van der Waals surface area (Å²) in [7, 11) is 3.47. The number of piperidine rings is 1. The molecule has 0 unspecified atom stereocenters. The number of anilines is 1. The van der Waals surface area contributed by atoms with E-state index in [1.807, 2.05) is 12.1 Å². The molecule has 2 aromatic heterocycles. The van der Waals surface area contributed by atoms with Gasteiger partial charge in [-0.3, -0.25) is 0 Å². The smallest absolute Gasteiger partial charge is 0.141 e. The van der Waals surface area contributed by atoms with E-state index in [4.69, 9.17) is 9.47 Å². The first-order valence-corrected chi connectivity index (χ1v) is 9.78. The fourth-order valence-electron chi connectivity index (χ4n) is 3.63. The zero-order valence-electron chi connectivity index (χ0n) is 15.1. The average molecular weight is 369 g/mol. The molecule has 0 amide bonds. The molecule has 0 radical (unpaired) electrons. The van der Waals surface area contributed by atoms with E-state index in [2.05, 4.69) is 32.4 Å². The minimum absolute atomic E-state index is 0.650. The summed E-state index contributed by atoms with van der Waals surface area (Å²) >= 11 is 1.68. The number of rotatable bonds is 5. The number of benzene rings is 1. The van der Waals surface area contributed by atoms with Crippen LogP contribution in [0.25, 0.3) is 21.3 Å². The van der Waals surface area contributed by atoms with Crippen LogP contribution in [-0.4, -0.2) is 43.9 Å². The molecule has 0 atom stereocenters. The van der Waals surface area contributed by atoms with Crippen LogP contribution < -0.4 is 9.64 Å². The van der Waals surface area contributed by atoms with Gasteiger partial charge in [0.2, 0.25) is 0 Å². The maximum Gasteiger partial charge on any atom is 0.141 e. The van der Waals surface area contributed by atoms with Crippen molar-refractivity contribution in [2.75, 3.05) is 38.8 Å². The maximum atomic E-state index is 5.32. The summed E-state index contributed by atoms with van der Waals surface area (Å²) in [6, 6.07) is 8.20. The Hall–Kier alpha value is -2.18. The standard InChI is InChI=1S/C20H23N3O2S/c1-24-11-14-7-9-23(10-8-14)19-18-17(12-26-20(18)22-13-21-19)15-3-5-16(25-2)6-4-15/h3-6,12-14H,7-11H2,1-2H3. The van der Waals surface area contributed by atoms with Gasteiger partial charge in [-0.05, 0) is 36.5 Å². The highest BCUT2D eigenvalue weighted by Crippen LogP contribution is 2.39. The normalized spacial score (nSPS) is 15.5. The van der Waals surface area contributed by atoms with Crippen LogP contribution in [0.5, 0.6) is 5.75 Å². The SMILES string of the molecule is COCC1CCN(c2ncnc3scc(-c4ccc(OC)cc4)c23)CC1. The van der Waals surface area contributed by atoms with Gasteiger partial charge in [0.15, 0.2) is 0 Å². The van der Waals surface area contributed by atoms with E-state index in [1.165, 1.54) is 11.1 Å². The van der Waals surface area contributed by atoms with Crippen molar-refractivity contribution in [2.45, 2.75) is 12.8 Å². The van der Waals surface area contributed by atoms with Crippen molar-refractivity contribution >= 4 is 27.4 Å². The van der Waals surface area contributed by atoms with E-state index in [1.54, 1.807) is 31.9 Å². The Morgan fingerprint density at radius 1 is 1.12 bits per heavy atom. The highest BCUT2D eigenvalue weighted by molar-refractivity contribution is 7.17. The summed E-state index contributed by atoms with van der Waals surface area (Å²) in [4.78, 5) is 12.6. The number of aromatic nitrogens is 2. The van der Waals surface area contributed by atoms with Crippen molar-refractivity contribution in [3.63, 3.8) is 0 Å². The minimum atomic E-state index is 0.650. The Labute approximate surface area is 157 Å². The van der Waals surface area contributed by atoms with Crippen LogP contribution in [0.3, 0.4) is 0 Å². The van der Waals surface area contributed by atoms with Gasteiger partial charge >= 0.3 is 0 Å². The van der Waals surface area contributed by atoms with Crippen molar-refractivity contribution in [1.82, 2.24) is 9.97 Å². The molecule has 0 saturated carbocycles. The zero-order chi connectivity index (χ0) is 17.9. The highest BCUT2D eigenvalue weighted by Gasteiger charge is 2.23. The molecule has 3 aromatic rings. The Kier molecular flexibility index (Phi) is 5.04. The molecular weight excluding hydrogens is 346 g/mol. The molecule has 136 valence electrons. The lowest BCUT2D eigenvalue weighted by Gasteiger charge is -2.32. The lowest BCUT2D eigenvalue weighted by Crippen LogP contribution is -2.35. The van der Waals surface area contributed by atoms with Gasteiger partial charge in [0.05, 0.1) is 12.5 Å². The van der Waals surface area contributed by atoms with Crippen LogP contribution in [-0.2, 0) is 4.74 Å². The fourth-order valence-corrected chi connectivity index (χ4v) is 4.54. The van der Waals surface area contributed by atoms with Crippen LogP contribution in [0.2, 0.25) is 0 Å². The zero-order valence-corrected chi connectivity index (χ0v) is 16.0. The van der Waals surface area contributed by atoms with Crippen LogP contribution in [0.1, 0.15) is 12.8 Å². The van der Waals surface area contributed by atoms with Crippen molar-refractivity contribution in [3.05, 3.63) is 36.0 Å². The van der Waals surface area contributed by atoms with Crippen molar-refractivity contribution < 1.29 is 9.47 Å². The Bertz CT molecular complexity index is 870. The molecule has 0 aliphatic carbocycles. The molecule has 1 aliphatic rings. The average Bonchev–Trinajstić information content (AvgIpc) is 3.13. The van der Waals surface area contributed by atoms with Gasteiger partial charge in [0, 0.05) is 37.7 Å². The molecule has 0 spiro atoms. The third-order valence-corrected chi connectivity index (χ3v) is 5.95. The van der Waals surface area contributed by atoms with Crippen molar-refractivity contribution in [3.8, 4) is 16.9 Å². The van der Waals surface area contributed by atoms with E-state index in [0.29, 0.717) is 5.92 Å². The highest BCUT2D eigenvalue weighted by atomic mass is 32.1. The first kappa shape index (κ1) is 17.2. The Morgan fingerprint density at radius 3 is 2.58 bits per heavy atom. The number of fused-ring (bicyclic) bond motifs is 1. The second kappa shape index (κ2) is 7.60. The molecule has 26 heavy (non-hydrogen) atoms. The molecular formula is C20H23N3O2S. The van der Waals surface area contributed by atoms with Gasteiger partial charge in [0.1, 0.15) is 22.7 Å². The van der Waals surface area contributed by atoms with Crippen LogP contribution in [0, 0.1) is 5.92 Å². The van der Waals surface area contributed by atoms with Gasteiger partial charge in [-0.25, -0.2) is 9.97 Å². The first-order valence-electron chi connectivity index (χ1n) is 8.90. The summed E-state index contributed by atoms with van der Waals surface area (Å²) in [5, 5.41) is 3.34.